The molecule has 2 rings (SSSR count). The maximum absolute atomic E-state index is 5.92. The first-order chi connectivity index (χ1) is 9.06. The first-order valence-corrected chi connectivity index (χ1v) is 7.36. The van der Waals surface area contributed by atoms with Crippen molar-refractivity contribution in [2.45, 2.75) is 39.7 Å². The standard InChI is InChI=1S/C14H19BrN4/c1-4-13-17-14(5-2)19(18-13)10-6-7-11(9(3)16)12(15)8-10/h6-9H,4-5,16H2,1-3H3/t9-/m0/s1. The highest BCUT2D eigenvalue weighted by molar-refractivity contribution is 9.10. The molecule has 0 fully saturated rings. The molecule has 0 bridgehead atoms. The first-order valence-electron chi connectivity index (χ1n) is 6.57. The lowest BCUT2D eigenvalue weighted by atomic mass is 10.1. The minimum Gasteiger partial charge on any atom is -0.324 e. The largest absolute Gasteiger partial charge is 0.324 e. The van der Waals surface area contributed by atoms with Gasteiger partial charge < -0.3 is 5.73 Å². The van der Waals surface area contributed by atoms with Crippen LogP contribution in [0.15, 0.2) is 22.7 Å². The van der Waals surface area contributed by atoms with E-state index in [1.54, 1.807) is 0 Å². The van der Waals surface area contributed by atoms with Crippen LogP contribution >= 0.6 is 15.9 Å². The van der Waals surface area contributed by atoms with Crippen molar-refractivity contribution in [1.82, 2.24) is 14.8 Å². The van der Waals surface area contributed by atoms with Crippen LogP contribution < -0.4 is 5.73 Å². The zero-order valence-corrected chi connectivity index (χ0v) is 13.1. The average molecular weight is 323 g/mol. The van der Waals surface area contributed by atoms with Gasteiger partial charge in [0.2, 0.25) is 0 Å². The van der Waals surface area contributed by atoms with Crippen LogP contribution in [0.2, 0.25) is 0 Å². The van der Waals surface area contributed by atoms with Gasteiger partial charge in [-0.2, -0.15) is 5.10 Å². The monoisotopic (exact) mass is 322 g/mol. The Bertz CT molecular complexity index is 575. The van der Waals surface area contributed by atoms with E-state index in [4.69, 9.17) is 5.73 Å². The highest BCUT2D eigenvalue weighted by Gasteiger charge is 2.11. The van der Waals surface area contributed by atoms with Crippen molar-refractivity contribution in [1.29, 1.82) is 0 Å². The summed E-state index contributed by atoms with van der Waals surface area (Å²) in [5, 5.41) is 4.54. The van der Waals surface area contributed by atoms with Crippen molar-refractivity contribution < 1.29 is 0 Å². The van der Waals surface area contributed by atoms with Gasteiger partial charge >= 0.3 is 0 Å². The van der Waals surface area contributed by atoms with E-state index in [-0.39, 0.29) is 6.04 Å². The van der Waals surface area contributed by atoms with E-state index < -0.39 is 0 Å². The summed E-state index contributed by atoms with van der Waals surface area (Å²) >= 11 is 3.57. The molecule has 0 saturated heterocycles. The second-order valence-corrected chi connectivity index (χ2v) is 5.41. The van der Waals surface area contributed by atoms with Crippen LogP contribution in [-0.2, 0) is 12.8 Å². The molecule has 102 valence electrons. The Kier molecular flexibility index (Phi) is 4.37. The van der Waals surface area contributed by atoms with E-state index in [9.17, 15) is 0 Å². The molecule has 1 aromatic heterocycles. The zero-order valence-electron chi connectivity index (χ0n) is 11.5. The molecule has 4 nitrogen and oxygen atoms in total. The fourth-order valence-corrected chi connectivity index (χ4v) is 2.72. The third-order valence-electron chi connectivity index (χ3n) is 3.07. The molecule has 0 spiro atoms. The van der Waals surface area contributed by atoms with Crippen molar-refractivity contribution in [2.75, 3.05) is 0 Å². The molecule has 2 N–H and O–H groups in total. The van der Waals surface area contributed by atoms with Gasteiger partial charge in [0.15, 0.2) is 5.82 Å². The second-order valence-electron chi connectivity index (χ2n) is 4.56. The first kappa shape index (κ1) is 14.2. The Morgan fingerprint density at radius 2 is 2.05 bits per heavy atom. The summed E-state index contributed by atoms with van der Waals surface area (Å²) in [6, 6.07) is 6.13. The van der Waals surface area contributed by atoms with E-state index in [0.29, 0.717) is 0 Å². The number of aryl methyl sites for hydroxylation is 2. The molecule has 0 aliphatic heterocycles. The van der Waals surface area contributed by atoms with Gasteiger partial charge in [0.1, 0.15) is 5.82 Å². The topological polar surface area (TPSA) is 56.7 Å². The minimum absolute atomic E-state index is 0.0102. The summed E-state index contributed by atoms with van der Waals surface area (Å²) in [6.45, 7) is 6.13. The van der Waals surface area contributed by atoms with Gasteiger partial charge in [-0.25, -0.2) is 9.67 Å². The molecule has 0 radical (unpaired) electrons. The lowest BCUT2D eigenvalue weighted by Crippen LogP contribution is -2.07. The molecule has 0 amide bonds. The summed E-state index contributed by atoms with van der Waals surface area (Å²) in [5.41, 5.74) is 8.03. The normalized spacial score (nSPS) is 12.7. The van der Waals surface area contributed by atoms with Crippen LogP contribution in [0.5, 0.6) is 0 Å². The van der Waals surface area contributed by atoms with Crippen LogP contribution in [0.4, 0.5) is 0 Å². The summed E-state index contributed by atoms with van der Waals surface area (Å²) in [5.74, 6) is 1.86. The predicted octanol–water partition coefficient (Wildman–Crippen LogP) is 3.17. The highest BCUT2D eigenvalue weighted by atomic mass is 79.9. The van der Waals surface area contributed by atoms with E-state index in [2.05, 4.69) is 39.9 Å². The summed E-state index contributed by atoms with van der Waals surface area (Å²) in [4.78, 5) is 4.52. The van der Waals surface area contributed by atoms with Crippen LogP contribution in [-0.4, -0.2) is 14.8 Å². The molecule has 5 heteroatoms. The average Bonchev–Trinajstić information content (AvgIpc) is 2.81. The van der Waals surface area contributed by atoms with E-state index in [1.165, 1.54) is 0 Å². The maximum atomic E-state index is 5.92. The minimum atomic E-state index is 0.0102. The van der Waals surface area contributed by atoms with Crippen LogP contribution in [0.3, 0.4) is 0 Å². The van der Waals surface area contributed by atoms with E-state index >= 15 is 0 Å². The van der Waals surface area contributed by atoms with Crippen LogP contribution in [0, 0.1) is 0 Å². The molecule has 1 atom stereocenters. The number of nitrogens with two attached hydrogens (primary N) is 1. The van der Waals surface area contributed by atoms with Gasteiger partial charge in [-0.05, 0) is 24.6 Å². The van der Waals surface area contributed by atoms with Gasteiger partial charge in [-0.3, -0.25) is 0 Å². The lowest BCUT2D eigenvalue weighted by Gasteiger charge is -2.11. The van der Waals surface area contributed by atoms with Crippen molar-refractivity contribution in [2.24, 2.45) is 5.73 Å². The second kappa shape index (κ2) is 5.84. The van der Waals surface area contributed by atoms with Gasteiger partial charge in [-0.1, -0.05) is 35.8 Å². The SMILES string of the molecule is CCc1nc(CC)n(-c2ccc([C@H](C)N)c(Br)c2)n1. The van der Waals surface area contributed by atoms with Gasteiger partial charge in [0, 0.05) is 23.4 Å². The van der Waals surface area contributed by atoms with Gasteiger partial charge in [0.05, 0.1) is 5.69 Å². The molecule has 0 saturated carbocycles. The lowest BCUT2D eigenvalue weighted by molar-refractivity contribution is 0.782. The Balaban J connectivity index is 2.47. The third kappa shape index (κ3) is 2.87. The third-order valence-corrected chi connectivity index (χ3v) is 3.76. The quantitative estimate of drug-likeness (QED) is 0.940. The molecule has 0 aliphatic carbocycles. The molecule has 19 heavy (non-hydrogen) atoms. The summed E-state index contributed by atoms with van der Waals surface area (Å²) < 4.78 is 2.92. The van der Waals surface area contributed by atoms with E-state index in [0.717, 1.165) is 40.2 Å². The number of aromatic nitrogens is 3. The Labute approximate surface area is 122 Å². The molecule has 0 unspecified atom stereocenters. The molecular formula is C14H19BrN4. The Hall–Kier alpha value is -1.20. The smallest absolute Gasteiger partial charge is 0.151 e. The molecule has 1 heterocycles. The van der Waals surface area contributed by atoms with Crippen LogP contribution in [0.25, 0.3) is 5.69 Å². The predicted molar refractivity (Wildman–Crippen MR) is 80.4 cm³/mol. The van der Waals surface area contributed by atoms with Crippen molar-refractivity contribution in [3.8, 4) is 5.69 Å². The number of nitrogens with zero attached hydrogens (tertiary/aromatic N) is 3. The van der Waals surface area contributed by atoms with Crippen molar-refractivity contribution in [3.63, 3.8) is 0 Å². The fourth-order valence-electron chi connectivity index (χ4n) is 1.99. The van der Waals surface area contributed by atoms with Gasteiger partial charge in [0.25, 0.3) is 0 Å². The summed E-state index contributed by atoms with van der Waals surface area (Å²) in [6.07, 6.45) is 1.71. The number of rotatable bonds is 4. The van der Waals surface area contributed by atoms with Crippen LogP contribution in [0.1, 0.15) is 44.0 Å². The fraction of sp³-hybridized carbons (Fsp3) is 0.429. The van der Waals surface area contributed by atoms with Gasteiger partial charge in [-0.15, -0.1) is 0 Å². The number of benzene rings is 1. The number of halogens is 1. The van der Waals surface area contributed by atoms with Crippen molar-refractivity contribution >= 4 is 15.9 Å². The summed E-state index contributed by atoms with van der Waals surface area (Å²) in [7, 11) is 0. The van der Waals surface area contributed by atoms with Crippen molar-refractivity contribution in [3.05, 3.63) is 39.9 Å². The Morgan fingerprint density at radius 3 is 2.58 bits per heavy atom. The zero-order chi connectivity index (χ0) is 14.0. The molecular weight excluding hydrogens is 304 g/mol. The molecule has 1 aromatic carbocycles. The maximum Gasteiger partial charge on any atom is 0.151 e. The Morgan fingerprint density at radius 1 is 1.32 bits per heavy atom. The van der Waals surface area contributed by atoms with E-state index in [1.807, 2.05) is 29.8 Å². The number of hydrogen-bond donors (Lipinski definition) is 1. The highest BCUT2D eigenvalue weighted by Crippen LogP contribution is 2.25. The molecule has 0 aliphatic rings. The molecule has 2 aromatic rings. The number of hydrogen-bond acceptors (Lipinski definition) is 3.